The van der Waals surface area contributed by atoms with Gasteiger partial charge in [-0.05, 0) is 67.1 Å². The number of rotatable bonds is 0. The van der Waals surface area contributed by atoms with Crippen LogP contribution in [-0.2, 0) is 4.79 Å². The normalized spacial score (nSPS) is 60.8. The van der Waals surface area contributed by atoms with Gasteiger partial charge >= 0.3 is 0 Å². The molecule has 0 aromatic rings. The fourth-order valence-electron chi connectivity index (χ4n) is 7.32. The predicted octanol–water partition coefficient (Wildman–Crippen LogP) is 4.62. The van der Waals surface area contributed by atoms with Crippen molar-refractivity contribution in [1.82, 2.24) is 0 Å². The van der Waals surface area contributed by atoms with Crippen LogP contribution in [0.1, 0.15) is 58.8 Å². The summed E-state index contributed by atoms with van der Waals surface area (Å²) in [6, 6.07) is 0. The minimum Gasteiger partial charge on any atom is -0.299 e. The summed E-state index contributed by atoms with van der Waals surface area (Å²) in [5, 5.41) is 0. The summed E-state index contributed by atoms with van der Waals surface area (Å²) >= 11 is 0. The second-order valence-corrected chi connectivity index (χ2v) is 9.28. The van der Waals surface area contributed by atoms with Gasteiger partial charge in [0.25, 0.3) is 0 Å². The zero-order valence-corrected chi connectivity index (χ0v) is 13.5. The number of allylic oxidation sites excluding steroid dienone is 2. The standard InChI is InChI=1S/C20H28O/c1-19-9-4-3-5-12(19)6-7-13-16(19)8-10-20(2)17(13)14-11-15(14)18(20)21/h6-7,12-17H,3-5,8-11H2,1-2H3/t12-,13+,14+,15-,16-,17+,19-,20-/m0/s1. The minimum atomic E-state index is 0.0386. The number of hydrogen-bond donors (Lipinski definition) is 0. The van der Waals surface area contributed by atoms with Gasteiger partial charge in [-0.3, -0.25) is 4.79 Å². The molecule has 21 heavy (non-hydrogen) atoms. The maximum atomic E-state index is 12.7. The Kier molecular flexibility index (Phi) is 2.36. The molecule has 0 aliphatic heterocycles. The molecule has 114 valence electrons. The first-order chi connectivity index (χ1) is 10.1. The quantitative estimate of drug-likeness (QED) is 0.593. The molecule has 5 aliphatic rings. The summed E-state index contributed by atoms with van der Waals surface area (Å²) in [6.45, 7) is 4.90. The lowest BCUT2D eigenvalue weighted by Gasteiger charge is -2.57. The van der Waals surface area contributed by atoms with Gasteiger partial charge in [-0.25, -0.2) is 0 Å². The Morgan fingerprint density at radius 1 is 1.10 bits per heavy atom. The number of fused-ring (bicyclic) bond motifs is 7. The molecule has 0 unspecified atom stereocenters. The SMILES string of the molecule is C[C@]12CCCC[C@H]1C=C[C@H]1[C@@H]3[C@@H]4C[C@@H]4C(=O)[C@@]3(C)CC[C@@H]12. The van der Waals surface area contributed by atoms with Crippen LogP contribution in [0.2, 0.25) is 0 Å². The summed E-state index contributed by atoms with van der Waals surface area (Å²) in [6.07, 6.45) is 14.5. The van der Waals surface area contributed by atoms with Crippen LogP contribution in [0.3, 0.4) is 0 Å². The van der Waals surface area contributed by atoms with E-state index in [0.717, 1.165) is 17.8 Å². The molecule has 5 aliphatic carbocycles. The van der Waals surface area contributed by atoms with Crippen LogP contribution in [0.25, 0.3) is 0 Å². The largest absolute Gasteiger partial charge is 0.299 e. The van der Waals surface area contributed by atoms with Crippen molar-refractivity contribution in [2.75, 3.05) is 0 Å². The molecule has 5 rings (SSSR count). The van der Waals surface area contributed by atoms with Crippen LogP contribution in [0.5, 0.6) is 0 Å². The Morgan fingerprint density at radius 3 is 2.81 bits per heavy atom. The third-order valence-corrected chi connectivity index (χ3v) is 8.53. The number of carbonyl (C=O) groups excluding carboxylic acids is 1. The highest BCUT2D eigenvalue weighted by Crippen LogP contribution is 2.71. The zero-order chi connectivity index (χ0) is 14.4. The number of carbonyl (C=O) groups is 1. The van der Waals surface area contributed by atoms with Gasteiger partial charge in [0.2, 0.25) is 0 Å². The highest BCUT2D eigenvalue weighted by atomic mass is 16.1. The summed E-state index contributed by atoms with van der Waals surface area (Å²) in [5.41, 5.74) is 0.575. The van der Waals surface area contributed by atoms with Crippen molar-refractivity contribution in [3.05, 3.63) is 12.2 Å². The first-order valence-corrected chi connectivity index (χ1v) is 9.28. The van der Waals surface area contributed by atoms with Crippen LogP contribution >= 0.6 is 0 Å². The lowest BCUT2D eigenvalue weighted by Crippen LogP contribution is -2.52. The molecule has 0 N–H and O–H groups in total. The van der Waals surface area contributed by atoms with E-state index in [0.29, 0.717) is 29.0 Å². The van der Waals surface area contributed by atoms with Gasteiger partial charge in [-0.2, -0.15) is 0 Å². The maximum absolute atomic E-state index is 12.7. The third kappa shape index (κ3) is 1.42. The Balaban J connectivity index is 1.57. The van der Waals surface area contributed by atoms with E-state index in [1.54, 1.807) is 0 Å². The molecular formula is C20H28O. The maximum Gasteiger partial charge on any atom is 0.142 e. The molecule has 0 bridgehead atoms. The second-order valence-electron chi connectivity index (χ2n) is 9.28. The molecular weight excluding hydrogens is 256 g/mol. The van der Waals surface area contributed by atoms with E-state index in [1.807, 2.05) is 0 Å². The summed E-state index contributed by atoms with van der Waals surface area (Å²) < 4.78 is 0. The molecule has 0 aromatic heterocycles. The summed E-state index contributed by atoms with van der Waals surface area (Å²) in [7, 11) is 0. The van der Waals surface area contributed by atoms with Crippen LogP contribution in [-0.4, -0.2) is 5.78 Å². The van der Waals surface area contributed by atoms with E-state index >= 15 is 0 Å². The van der Waals surface area contributed by atoms with E-state index in [1.165, 1.54) is 44.9 Å². The van der Waals surface area contributed by atoms with Crippen molar-refractivity contribution in [3.8, 4) is 0 Å². The van der Waals surface area contributed by atoms with Gasteiger partial charge in [-0.1, -0.05) is 38.8 Å². The summed E-state index contributed by atoms with van der Waals surface area (Å²) in [4.78, 5) is 12.7. The Morgan fingerprint density at radius 2 is 1.95 bits per heavy atom. The zero-order valence-electron chi connectivity index (χ0n) is 13.5. The van der Waals surface area contributed by atoms with Crippen LogP contribution in [0, 0.1) is 46.3 Å². The minimum absolute atomic E-state index is 0.0386. The molecule has 0 spiro atoms. The third-order valence-electron chi connectivity index (χ3n) is 8.53. The van der Waals surface area contributed by atoms with E-state index in [4.69, 9.17) is 0 Å². The molecule has 0 saturated heterocycles. The highest BCUT2D eigenvalue weighted by molar-refractivity contribution is 5.92. The number of hydrogen-bond acceptors (Lipinski definition) is 1. The smallest absolute Gasteiger partial charge is 0.142 e. The van der Waals surface area contributed by atoms with E-state index in [9.17, 15) is 4.79 Å². The Hall–Kier alpha value is -0.590. The van der Waals surface area contributed by atoms with E-state index < -0.39 is 0 Å². The van der Waals surface area contributed by atoms with Crippen molar-refractivity contribution >= 4 is 5.78 Å². The van der Waals surface area contributed by atoms with Gasteiger partial charge in [0, 0.05) is 11.3 Å². The van der Waals surface area contributed by atoms with Crippen LogP contribution < -0.4 is 0 Å². The molecule has 0 heterocycles. The van der Waals surface area contributed by atoms with Crippen LogP contribution in [0.4, 0.5) is 0 Å². The molecule has 0 amide bonds. The molecule has 0 radical (unpaired) electrons. The fraction of sp³-hybridized carbons (Fsp3) is 0.850. The first-order valence-electron chi connectivity index (χ1n) is 9.28. The Bertz CT molecular complexity index is 534. The van der Waals surface area contributed by atoms with Crippen molar-refractivity contribution in [1.29, 1.82) is 0 Å². The van der Waals surface area contributed by atoms with Crippen LogP contribution in [0.15, 0.2) is 12.2 Å². The average molecular weight is 284 g/mol. The van der Waals surface area contributed by atoms with Crippen molar-refractivity contribution in [2.45, 2.75) is 58.8 Å². The molecule has 1 nitrogen and oxygen atoms in total. The monoisotopic (exact) mass is 284 g/mol. The lowest BCUT2D eigenvalue weighted by molar-refractivity contribution is -0.135. The highest BCUT2D eigenvalue weighted by Gasteiger charge is 2.69. The summed E-state index contributed by atoms with van der Waals surface area (Å²) in [5.74, 6) is 4.93. The van der Waals surface area contributed by atoms with E-state index in [2.05, 4.69) is 26.0 Å². The van der Waals surface area contributed by atoms with Gasteiger partial charge < -0.3 is 0 Å². The average Bonchev–Trinajstić information content (AvgIpc) is 3.21. The molecule has 0 aromatic carbocycles. The van der Waals surface area contributed by atoms with Gasteiger partial charge in [0.05, 0.1) is 0 Å². The lowest BCUT2D eigenvalue weighted by atomic mass is 9.47. The Labute approximate surface area is 128 Å². The topological polar surface area (TPSA) is 17.1 Å². The fourth-order valence-corrected chi connectivity index (χ4v) is 7.32. The predicted molar refractivity (Wildman–Crippen MR) is 83.6 cm³/mol. The first kappa shape index (κ1) is 12.9. The number of ketones is 1. The molecule has 1 heteroatoms. The van der Waals surface area contributed by atoms with E-state index in [-0.39, 0.29) is 5.41 Å². The molecule has 4 saturated carbocycles. The van der Waals surface area contributed by atoms with Crippen molar-refractivity contribution < 1.29 is 4.79 Å². The van der Waals surface area contributed by atoms with Gasteiger partial charge in [0.1, 0.15) is 5.78 Å². The second kappa shape index (κ2) is 3.84. The van der Waals surface area contributed by atoms with Crippen molar-refractivity contribution in [3.63, 3.8) is 0 Å². The molecule has 8 atom stereocenters. The van der Waals surface area contributed by atoms with Gasteiger partial charge in [0.15, 0.2) is 0 Å². The number of Topliss-reactive ketones (excluding diaryl/α,β-unsaturated/α-hetero) is 1. The molecule has 4 fully saturated rings. The van der Waals surface area contributed by atoms with Crippen molar-refractivity contribution in [2.24, 2.45) is 46.3 Å². The van der Waals surface area contributed by atoms with Gasteiger partial charge in [-0.15, -0.1) is 0 Å².